The van der Waals surface area contributed by atoms with Crippen molar-refractivity contribution < 1.29 is 0 Å². The summed E-state index contributed by atoms with van der Waals surface area (Å²) in [4.78, 5) is 5.41. The lowest BCUT2D eigenvalue weighted by atomic mass is 9.78. The van der Waals surface area contributed by atoms with Gasteiger partial charge in [-0.3, -0.25) is 4.57 Å². The minimum absolute atomic E-state index is 0.929. The molecule has 0 aliphatic carbocycles. The van der Waals surface area contributed by atoms with E-state index in [9.17, 15) is 0 Å². The van der Waals surface area contributed by atoms with Gasteiger partial charge in [-0.05, 0) is 125 Å². The van der Waals surface area contributed by atoms with Crippen LogP contribution in [0.15, 0.2) is 255 Å². The van der Waals surface area contributed by atoms with E-state index in [1.54, 1.807) is 0 Å². The van der Waals surface area contributed by atoms with E-state index >= 15 is 0 Å². The van der Waals surface area contributed by atoms with Crippen molar-refractivity contribution in [2.24, 2.45) is 0 Å². The first-order valence-corrected chi connectivity index (χ1v) is 22.3. The van der Waals surface area contributed by atoms with Crippen LogP contribution in [0.2, 0.25) is 0 Å². The van der Waals surface area contributed by atoms with Crippen LogP contribution in [0.5, 0.6) is 0 Å². The summed E-state index contributed by atoms with van der Waals surface area (Å²) < 4.78 is 2.32. The van der Waals surface area contributed by atoms with Gasteiger partial charge in [0.15, 0.2) is 0 Å². The Balaban J connectivity index is 1.16. The predicted octanol–water partition coefficient (Wildman–Crippen LogP) is 17.0. The molecule has 0 spiro atoms. The number of para-hydroxylation sites is 3. The summed E-state index contributed by atoms with van der Waals surface area (Å²) in [5.74, 6) is 0.929. The molecule has 0 aliphatic heterocycles. The number of hydrogen-bond acceptors (Lipinski definition) is 1. The number of benzene rings is 11. The van der Waals surface area contributed by atoms with E-state index in [2.05, 4.69) is 259 Å². The third kappa shape index (κ3) is 6.63. The average Bonchev–Trinajstić information content (AvgIpc) is 3.77. The van der Waals surface area contributed by atoms with Crippen molar-refractivity contribution in [3.8, 4) is 83.8 Å². The van der Waals surface area contributed by atoms with Crippen LogP contribution in [-0.2, 0) is 0 Å². The maximum Gasteiger partial charge on any atom is 0.146 e. The Bertz CT molecular complexity index is 3610. The highest BCUT2D eigenvalue weighted by atomic mass is 15.1. The van der Waals surface area contributed by atoms with Crippen LogP contribution in [-0.4, -0.2) is 9.55 Å². The van der Waals surface area contributed by atoms with Crippen molar-refractivity contribution in [2.75, 3.05) is 0 Å². The van der Waals surface area contributed by atoms with Crippen LogP contribution >= 0.6 is 0 Å². The van der Waals surface area contributed by atoms with Gasteiger partial charge in [-0.1, -0.05) is 218 Å². The minimum atomic E-state index is 0.929. The zero-order valence-electron chi connectivity index (χ0n) is 35.6. The first kappa shape index (κ1) is 38.1. The fourth-order valence-corrected chi connectivity index (χ4v) is 10.0. The molecule has 0 bridgehead atoms. The smallest absolute Gasteiger partial charge is 0.146 e. The molecule has 2 heteroatoms. The second kappa shape index (κ2) is 16.3. The highest BCUT2D eigenvalue weighted by Gasteiger charge is 2.26. The summed E-state index contributed by atoms with van der Waals surface area (Å²) in [5.41, 5.74) is 18.5. The Hall–Kier alpha value is -8.59. The quantitative estimate of drug-likeness (QED) is 0.140. The number of fused-ring (bicyclic) bond motifs is 3. The predicted molar refractivity (Wildman–Crippen MR) is 274 cm³/mol. The summed E-state index contributed by atoms with van der Waals surface area (Å²) in [5, 5.41) is 4.69. The lowest BCUT2D eigenvalue weighted by Crippen LogP contribution is -2.00. The molecule has 0 unspecified atom stereocenters. The molecule has 0 saturated carbocycles. The average molecular weight is 827 g/mol. The Labute approximate surface area is 379 Å². The zero-order valence-corrected chi connectivity index (χ0v) is 35.6. The lowest BCUT2D eigenvalue weighted by Gasteiger charge is -2.25. The van der Waals surface area contributed by atoms with Crippen LogP contribution in [0.1, 0.15) is 0 Å². The number of nitrogens with zero attached hydrogens (tertiary/aromatic N) is 2. The molecule has 65 heavy (non-hydrogen) atoms. The van der Waals surface area contributed by atoms with E-state index < -0.39 is 0 Å². The van der Waals surface area contributed by atoms with Crippen LogP contribution in [0, 0.1) is 0 Å². The first-order valence-electron chi connectivity index (χ1n) is 22.3. The van der Waals surface area contributed by atoms with E-state index in [0.29, 0.717) is 0 Å². The summed E-state index contributed by atoms with van der Waals surface area (Å²) >= 11 is 0. The molecule has 1 aromatic heterocycles. The summed E-state index contributed by atoms with van der Waals surface area (Å²) in [6, 6.07) is 92.2. The topological polar surface area (TPSA) is 17.8 Å². The number of rotatable bonds is 8. The SMILES string of the molecule is c1ccc(-c2cc(-c3cccc(-c4c5ccccc5c(-c5nc6ccccc6n5-c5ccccc5)c5ccccc45)c3)c(-c3ccccc3)c(-c3ccccc3)c2-c2ccccc2)cc1. The summed E-state index contributed by atoms with van der Waals surface area (Å²) in [6.45, 7) is 0. The Morgan fingerprint density at radius 3 is 1.22 bits per heavy atom. The monoisotopic (exact) mass is 826 g/mol. The van der Waals surface area contributed by atoms with Crippen LogP contribution in [0.4, 0.5) is 0 Å². The van der Waals surface area contributed by atoms with Gasteiger partial charge in [-0.2, -0.15) is 0 Å². The summed E-state index contributed by atoms with van der Waals surface area (Å²) in [7, 11) is 0. The molecular weight excluding hydrogens is 785 g/mol. The number of hydrogen-bond donors (Lipinski definition) is 0. The van der Waals surface area contributed by atoms with Gasteiger partial charge in [0.25, 0.3) is 0 Å². The lowest BCUT2D eigenvalue weighted by molar-refractivity contribution is 1.11. The van der Waals surface area contributed by atoms with Gasteiger partial charge in [-0.15, -0.1) is 0 Å². The van der Waals surface area contributed by atoms with E-state index in [-0.39, 0.29) is 0 Å². The van der Waals surface area contributed by atoms with E-state index in [4.69, 9.17) is 4.98 Å². The molecule has 11 aromatic carbocycles. The fraction of sp³-hybridized carbons (Fsp3) is 0. The highest BCUT2D eigenvalue weighted by molar-refractivity contribution is 6.21. The van der Waals surface area contributed by atoms with Crippen LogP contribution in [0.25, 0.3) is 116 Å². The van der Waals surface area contributed by atoms with Gasteiger partial charge < -0.3 is 0 Å². The standard InChI is InChI=1S/C63H42N2/c1-6-23-43(24-7-1)54-42-55(60(45-27-10-3-11-28-45)61(46-29-12-4-13-30-46)59(54)44-25-8-2-9-26-44)47-31-22-32-48(41-47)58-50-35-16-18-37-52(50)62(53-38-19-17-36-51(53)58)63-64-56-39-20-21-40-57(56)65(63)49-33-14-5-15-34-49/h1-42H. The summed E-state index contributed by atoms with van der Waals surface area (Å²) in [6.07, 6.45) is 0. The van der Waals surface area contributed by atoms with Gasteiger partial charge in [0, 0.05) is 11.3 Å². The maximum absolute atomic E-state index is 5.41. The molecule has 0 amide bonds. The van der Waals surface area contributed by atoms with Gasteiger partial charge in [0.2, 0.25) is 0 Å². The van der Waals surface area contributed by atoms with Crippen molar-refractivity contribution in [1.82, 2.24) is 9.55 Å². The van der Waals surface area contributed by atoms with Crippen molar-refractivity contribution in [1.29, 1.82) is 0 Å². The molecule has 0 atom stereocenters. The molecule has 0 fully saturated rings. The van der Waals surface area contributed by atoms with Crippen LogP contribution in [0.3, 0.4) is 0 Å². The Morgan fingerprint density at radius 1 is 0.262 bits per heavy atom. The second-order valence-corrected chi connectivity index (χ2v) is 16.6. The highest BCUT2D eigenvalue weighted by Crippen LogP contribution is 2.51. The molecule has 304 valence electrons. The normalized spacial score (nSPS) is 11.4. The Kier molecular flexibility index (Phi) is 9.54. The molecule has 0 radical (unpaired) electrons. The van der Waals surface area contributed by atoms with Crippen molar-refractivity contribution in [3.63, 3.8) is 0 Å². The molecule has 2 nitrogen and oxygen atoms in total. The fourth-order valence-electron chi connectivity index (χ4n) is 10.0. The Morgan fingerprint density at radius 2 is 0.662 bits per heavy atom. The molecule has 12 rings (SSSR count). The number of aromatic nitrogens is 2. The molecular formula is C63H42N2. The molecule has 0 N–H and O–H groups in total. The third-order valence-corrected chi connectivity index (χ3v) is 12.8. The maximum atomic E-state index is 5.41. The van der Waals surface area contributed by atoms with Gasteiger partial charge >= 0.3 is 0 Å². The number of imidazole rings is 1. The van der Waals surface area contributed by atoms with Crippen molar-refractivity contribution in [2.45, 2.75) is 0 Å². The van der Waals surface area contributed by atoms with E-state index in [1.165, 1.54) is 66.4 Å². The van der Waals surface area contributed by atoms with Crippen LogP contribution < -0.4 is 0 Å². The molecule has 0 saturated heterocycles. The van der Waals surface area contributed by atoms with E-state index in [1.807, 2.05) is 0 Å². The molecule has 0 aliphatic rings. The zero-order chi connectivity index (χ0) is 43.1. The van der Waals surface area contributed by atoms with Gasteiger partial charge in [-0.25, -0.2) is 4.98 Å². The van der Waals surface area contributed by atoms with Gasteiger partial charge in [0.1, 0.15) is 5.82 Å². The largest absolute Gasteiger partial charge is 0.292 e. The second-order valence-electron chi connectivity index (χ2n) is 16.6. The van der Waals surface area contributed by atoms with Gasteiger partial charge in [0.05, 0.1) is 11.0 Å². The molecule has 1 heterocycles. The minimum Gasteiger partial charge on any atom is -0.292 e. The van der Waals surface area contributed by atoms with Crippen molar-refractivity contribution in [3.05, 3.63) is 255 Å². The first-order chi connectivity index (χ1) is 32.3. The molecule has 12 aromatic rings. The third-order valence-electron chi connectivity index (χ3n) is 12.8. The van der Waals surface area contributed by atoms with Crippen molar-refractivity contribution >= 4 is 32.6 Å². The van der Waals surface area contributed by atoms with E-state index in [0.717, 1.165) is 50.0 Å².